The minimum atomic E-state index is -1.06. The molecule has 0 saturated carbocycles. The Bertz CT molecular complexity index is 834. The molecular formula is C21H26N2O5. The Morgan fingerprint density at radius 3 is 2.46 bits per heavy atom. The van der Waals surface area contributed by atoms with Crippen LogP contribution in [0.1, 0.15) is 19.4 Å². The van der Waals surface area contributed by atoms with E-state index in [2.05, 4.69) is 10.6 Å². The molecule has 0 radical (unpaired) electrons. The van der Waals surface area contributed by atoms with Gasteiger partial charge in [-0.05, 0) is 22.3 Å². The van der Waals surface area contributed by atoms with E-state index in [1.54, 1.807) is 0 Å². The number of benzene rings is 2. The molecule has 2 amide bonds. The van der Waals surface area contributed by atoms with Crippen LogP contribution in [0.4, 0.5) is 0 Å². The average Bonchev–Trinajstić information content (AvgIpc) is 2.65. The fraction of sp³-hybridized carbons (Fsp3) is 0.381. The summed E-state index contributed by atoms with van der Waals surface area (Å²) in [6.07, 6.45) is 0.184. The summed E-state index contributed by atoms with van der Waals surface area (Å²) >= 11 is 0. The Balaban J connectivity index is 1.88. The highest BCUT2D eigenvalue weighted by Gasteiger charge is 2.23. The fourth-order valence-corrected chi connectivity index (χ4v) is 2.81. The van der Waals surface area contributed by atoms with Gasteiger partial charge in [-0.1, -0.05) is 56.3 Å². The van der Waals surface area contributed by atoms with Gasteiger partial charge in [0.05, 0.1) is 13.0 Å². The molecule has 1 atom stereocenters. The van der Waals surface area contributed by atoms with E-state index >= 15 is 0 Å². The highest BCUT2D eigenvalue weighted by atomic mass is 16.5. The van der Waals surface area contributed by atoms with Gasteiger partial charge in [0.15, 0.2) is 0 Å². The van der Waals surface area contributed by atoms with Crippen LogP contribution in [0.2, 0.25) is 0 Å². The summed E-state index contributed by atoms with van der Waals surface area (Å²) in [6.45, 7) is 3.55. The summed E-state index contributed by atoms with van der Waals surface area (Å²) in [5, 5.41) is 16.1. The summed E-state index contributed by atoms with van der Waals surface area (Å²) in [5.74, 6) is -1.71. The standard InChI is InChI=1S/C21H26N2O5/c1-14(2)20(21(27)22-9-10-28-13-19(25)26)23-18(24)12-15-7-8-16-5-3-4-6-17(16)11-15/h3-8,11,14,20H,9-10,12-13H2,1-2H3,(H,22,27)(H,23,24)(H,25,26). The molecule has 2 aromatic rings. The highest BCUT2D eigenvalue weighted by molar-refractivity contribution is 5.89. The van der Waals surface area contributed by atoms with Crippen LogP contribution in [-0.2, 0) is 25.5 Å². The molecule has 0 aliphatic heterocycles. The SMILES string of the molecule is CC(C)C(NC(=O)Cc1ccc2ccccc2c1)C(=O)NCCOCC(=O)O. The normalized spacial score (nSPS) is 12.0. The van der Waals surface area contributed by atoms with E-state index in [4.69, 9.17) is 9.84 Å². The Labute approximate surface area is 164 Å². The first kappa shape index (κ1) is 21.4. The van der Waals surface area contributed by atoms with Crippen LogP contribution in [0.5, 0.6) is 0 Å². The van der Waals surface area contributed by atoms with Crippen molar-refractivity contribution in [3.8, 4) is 0 Å². The number of carboxylic acid groups (broad SMARTS) is 1. The van der Waals surface area contributed by atoms with Crippen LogP contribution in [0.15, 0.2) is 42.5 Å². The van der Waals surface area contributed by atoms with Gasteiger partial charge in [-0.2, -0.15) is 0 Å². The third-order valence-corrected chi connectivity index (χ3v) is 4.22. The first-order chi connectivity index (χ1) is 13.4. The van der Waals surface area contributed by atoms with Gasteiger partial charge in [0.2, 0.25) is 11.8 Å². The van der Waals surface area contributed by atoms with Crippen molar-refractivity contribution in [3.05, 3.63) is 48.0 Å². The largest absolute Gasteiger partial charge is 0.480 e. The van der Waals surface area contributed by atoms with E-state index in [1.165, 1.54) is 0 Å². The zero-order valence-electron chi connectivity index (χ0n) is 16.1. The summed E-state index contributed by atoms with van der Waals surface area (Å²) in [7, 11) is 0. The van der Waals surface area contributed by atoms with E-state index in [0.717, 1.165) is 16.3 Å². The minimum absolute atomic E-state index is 0.0912. The van der Waals surface area contributed by atoms with Crippen LogP contribution < -0.4 is 10.6 Å². The molecule has 3 N–H and O–H groups in total. The van der Waals surface area contributed by atoms with Crippen molar-refractivity contribution in [3.63, 3.8) is 0 Å². The summed E-state index contributed by atoms with van der Waals surface area (Å²) in [6, 6.07) is 13.1. The first-order valence-corrected chi connectivity index (χ1v) is 9.21. The van der Waals surface area contributed by atoms with Gasteiger partial charge in [-0.3, -0.25) is 9.59 Å². The highest BCUT2D eigenvalue weighted by Crippen LogP contribution is 2.16. The van der Waals surface area contributed by atoms with Crippen LogP contribution in [0.3, 0.4) is 0 Å². The molecule has 0 saturated heterocycles. The molecule has 0 fully saturated rings. The van der Waals surface area contributed by atoms with Crippen LogP contribution in [0, 0.1) is 5.92 Å². The lowest BCUT2D eigenvalue weighted by molar-refractivity contribution is -0.142. The summed E-state index contributed by atoms with van der Waals surface area (Å²) in [5.41, 5.74) is 0.876. The number of hydrogen-bond donors (Lipinski definition) is 3. The molecule has 2 aromatic carbocycles. The fourth-order valence-electron chi connectivity index (χ4n) is 2.81. The van der Waals surface area contributed by atoms with Gasteiger partial charge in [0, 0.05) is 6.54 Å². The molecule has 0 aliphatic rings. The van der Waals surface area contributed by atoms with E-state index in [-0.39, 0.29) is 37.3 Å². The minimum Gasteiger partial charge on any atom is -0.480 e. The monoisotopic (exact) mass is 386 g/mol. The van der Waals surface area contributed by atoms with Gasteiger partial charge in [-0.15, -0.1) is 0 Å². The van der Waals surface area contributed by atoms with Crippen molar-refractivity contribution < 1.29 is 24.2 Å². The molecule has 0 spiro atoms. The lowest BCUT2D eigenvalue weighted by Gasteiger charge is -2.21. The predicted molar refractivity (Wildman–Crippen MR) is 106 cm³/mol. The Morgan fingerprint density at radius 2 is 1.79 bits per heavy atom. The third kappa shape index (κ3) is 6.66. The molecule has 0 aliphatic carbocycles. The number of carbonyl (C=O) groups is 3. The molecular weight excluding hydrogens is 360 g/mol. The summed E-state index contributed by atoms with van der Waals surface area (Å²) < 4.78 is 4.88. The van der Waals surface area contributed by atoms with Crippen molar-refractivity contribution in [1.82, 2.24) is 10.6 Å². The third-order valence-electron chi connectivity index (χ3n) is 4.22. The molecule has 2 rings (SSSR count). The van der Waals surface area contributed by atoms with Crippen LogP contribution in [0.25, 0.3) is 10.8 Å². The van der Waals surface area contributed by atoms with Gasteiger partial charge in [-0.25, -0.2) is 4.79 Å². The maximum absolute atomic E-state index is 12.4. The van der Waals surface area contributed by atoms with Crippen molar-refractivity contribution in [2.75, 3.05) is 19.8 Å². The van der Waals surface area contributed by atoms with E-state index in [0.29, 0.717) is 0 Å². The molecule has 150 valence electrons. The molecule has 0 heterocycles. The lowest BCUT2D eigenvalue weighted by atomic mass is 10.0. The Kier molecular flexibility index (Phi) is 7.95. The van der Waals surface area contributed by atoms with E-state index in [9.17, 15) is 14.4 Å². The second kappa shape index (κ2) is 10.4. The predicted octanol–water partition coefficient (Wildman–Crippen LogP) is 1.74. The maximum Gasteiger partial charge on any atom is 0.329 e. The second-order valence-corrected chi connectivity index (χ2v) is 6.88. The maximum atomic E-state index is 12.4. The van der Waals surface area contributed by atoms with E-state index in [1.807, 2.05) is 56.3 Å². The first-order valence-electron chi connectivity index (χ1n) is 9.21. The van der Waals surface area contributed by atoms with Gasteiger partial charge < -0.3 is 20.5 Å². The van der Waals surface area contributed by atoms with Crippen molar-refractivity contribution in [2.45, 2.75) is 26.3 Å². The molecule has 0 aromatic heterocycles. The molecule has 1 unspecified atom stereocenters. The van der Waals surface area contributed by atoms with E-state index < -0.39 is 18.6 Å². The number of nitrogens with one attached hydrogen (secondary N) is 2. The zero-order valence-corrected chi connectivity index (χ0v) is 16.1. The average molecular weight is 386 g/mol. The van der Waals surface area contributed by atoms with Crippen molar-refractivity contribution >= 4 is 28.6 Å². The molecule has 0 bridgehead atoms. The summed E-state index contributed by atoms with van der Waals surface area (Å²) in [4.78, 5) is 35.2. The number of carbonyl (C=O) groups excluding carboxylic acids is 2. The Morgan fingerprint density at radius 1 is 1.07 bits per heavy atom. The molecule has 28 heavy (non-hydrogen) atoms. The number of rotatable bonds is 10. The number of carboxylic acids is 1. The van der Waals surface area contributed by atoms with Crippen molar-refractivity contribution in [2.24, 2.45) is 5.92 Å². The molecule has 7 heteroatoms. The Hall–Kier alpha value is -2.93. The number of ether oxygens (including phenoxy) is 1. The number of aliphatic carboxylic acids is 1. The van der Waals surface area contributed by atoms with Gasteiger partial charge >= 0.3 is 5.97 Å². The lowest BCUT2D eigenvalue weighted by Crippen LogP contribution is -2.50. The number of fused-ring (bicyclic) bond motifs is 1. The number of amides is 2. The zero-order chi connectivity index (χ0) is 20.5. The smallest absolute Gasteiger partial charge is 0.329 e. The van der Waals surface area contributed by atoms with Gasteiger partial charge in [0.25, 0.3) is 0 Å². The van der Waals surface area contributed by atoms with Crippen LogP contribution >= 0.6 is 0 Å². The van der Waals surface area contributed by atoms with Gasteiger partial charge in [0.1, 0.15) is 12.6 Å². The second-order valence-electron chi connectivity index (χ2n) is 6.88. The molecule has 7 nitrogen and oxygen atoms in total. The van der Waals surface area contributed by atoms with Crippen molar-refractivity contribution in [1.29, 1.82) is 0 Å². The number of hydrogen-bond acceptors (Lipinski definition) is 4. The topological polar surface area (TPSA) is 105 Å². The van der Waals surface area contributed by atoms with Crippen LogP contribution in [-0.4, -0.2) is 48.7 Å². The quantitative estimate of drug-likeness (QED) is 0.540.